The van der Waals surface area contributed by atoms with Gasteiger partial charge in [0.05, 0.1) is 18.8 Å². The summed E-state index contributed by atoms with van der Waals surface area (Å²) in [6.07, 6.45) is 84.4. The molecule has 0 fully saturated rings. The maximum atomic E-state index is 12.4. The average molecular weight is 882 g/mol. The number of rotatable bonds is 46. The van der Waals surface area contributed by atoms with E-state index in [-0.39, 0.29) is 12.5 Å². The highest BCUT2D eigenvalue weighted by molar-refractivity contribution is 5.76. The highest BCUT2D eigenvalue weighted by Crippen LogP contribution is 2.14. The Morgan fingerprint density at radius 1 is 0.391 bits per heavy atom. The predicted molar refractivity (Wildman–Crippen MR) is 285 cm³/mol. The van der Waals surface area contributed by atoms with E-state index in [0.717, 1.165) is 109 Å². The Labute approximate surface area is 396 Å². The third-order valence-corrected chi connectivity index (χ3v) is 11.1. The molecule has 4 heteroatoms. The Morgan fingerprint density at radius 2 is 0.688 bits per heavy atom. The van der Waals surface area contributed by atoms with Gasteiger partial charge in [0, 0.05) is 6.42 Å². The maximum Gasteiger partial charge on any atom is 0.220 e. The lowest BCUT2D eigenvalue weighted by molar-refractivity contribution is -0.123. The molecule has 64 heavy (non-hydrogen) atoms. The van der Waals surface area contributed by atoms with Crippen LogP contribution in [0, 0.1) is 0 Å². The third-order valence-electron chi connectivity index (χ3n) is 11.1. The molecule has 0 aromatic heterocycles. The second kappa shape index (κ2) is 53.9. The molecule has 0 bridgehead atoms. The molecule has 4 nitrogen and oxygen atoms in total. The lowest BCUT2D eigenvalue weighted by Gasteiger charge is -2.20. The summed E-state index contributed by atoms with van der Waals surface area (Å²) in [5.74, 6) is -0.0938. The summed E-state index contributed by atoms with van der Waals surface area (Å²) >= 11 is 0. The van der Waals surface area contributed by atoms with Crippen LogP contribution >= 0.6 is 0 Å². The predicted octanol–water partition coefficient (Wildman–Crippen LogP) is 17.5. The molecule has 0 aromatic carbocycles. The topological polar surface area (TPSA) is 69.6 Å². The van der Waals surface area contributed by atoms with Crippen LogP contribution in [0.4, 0.5) is 0 Å². The molecule has 0 saturated heterocycles. The Balaban J connectivity index is 3.71. The van der Waals surface area contributed by atoms with Crippen molar-refractivity contribution < 1.29 is 15.0 Å². The van der Waals surface area contributed by atoms with E-state index in [1.165, 1.54) is 89.9 Å². The Morgan fingerprint density at radius 3 is 1.03 bits per heavy atom. The number of hydrogen-bond donors (Lipinski definition) is 3. The zero-order chi connectivity index (χ0) is 46.3. The highest BCUT2D eigenvalue weighted by Gasteiger charge is 2.17. The summed E-state index contributed by atoms with van der Waals surface area (Å²) in [6.45, 7) is 4.18. The molecule has 362 valence electrons. The average Bonchev–Trinajstić information content (AvgIpc) is 3.30. The van der Waals surface area contributed by atoms with Crippen molar-refractivity contribution >= 4 is 5.91 Å². The van der Waals surface area contributed by atoms with E-state index in [1.807, 2.05) is 6.08 Å². The number of carbonyl (C=O) groups excluding carboxylic acids is 1. The summed E-state index contributed by atoms with van der Waals surface area (Å²) in [5, 5.41) is 23.1. The fraction of sp³-hybridized carbons (Fsp3) is 0.617. The van der Waals surface area contributed by atoms with Crippen molar-refractivity contribution in [2.24, 2.45) is 0 Å². The molecular formula is C60H99NO3. The minimum Gasteiger partial charge on any atom is -0.394 e. The van der Waals surface area contributed by atoms with Crippen LogP contribution in [-0.2, 0) is 4.79 Å². The summed E-state index contributed by atoms with van der Waals surface area (Å²) in [6, 6.07) is -0.646. The van der Waals surface area contributed by atoms with Crippen LogP contribution in [0.3, 0.4) is 0 Å². The lowest BCUT2D eigenvalue weighted by Crippen LogP contribution is -2.45. The number of carbonyl (C=O) groups is 1. The number of nitrogens with one attached hydrogen (secondary N) is 1. The second-order valence-corrected chi connectivity index (χ2v) is 17.2. The Bertz CT molecular complexity index is 1320. The summed E-state index contributed by atoms with van der Waals surface area (Å²) < 4.78 is 0. The zero-order valence-corrected chi connectivity index (χ0v) is 41.5. The van der Waals surface area contributed by atoms with Crippen LogP contribution in [0.2, 0.25) is 0 Å². The van der Waals surface area contributed by atoms with E-state index < -0.39 is 12.1 Å². The molecule has 0 heterocycles. The molecule has 0 aliphatic carbocycles. The van der Waals surface area contributed by atoms with Gasteiger partial charge in [0.15, 0.2) is 0 Å². The van der Waals surface area contributed by atoms with Crippen LogP contribution in [0.15, 0.2) is 134 Å². The summed E-state index contributed by atoms with van der Waals surface area (Å²) in [4.78, 5) is 12.4. The van der Waals surface area contributed by atoms with Crippen LogP contribution in [0.25, 0.3) is 0 Å². The minimum absolute atomic E-state index is 0.0938. The van der Waals surface area contributed by atoms with Crippen molar-refractivity contribution in [2.45, 2.75) is 231 Å². The monoisotopic (exact) mass is 882 g/mol. The smallest absolute Gasteiger partial charge is 0.220 e. The normalized spacial score (nSPS) is 14.0. The van der Waals surface area contributed by atoms with Gasteiger partial charge in [0.1, 0.15) is 0 Å². The third kappa shape index (κ3) is 49.5. The van der Waals surface area contributed by atoms with Gasteiger partial charge < -0.3 is 15.5 Å². The molecule has 0 spiro atoms. The number of aliphatic hydroxyl groups is 2. The van der Waals surface area contributed by atoms with Gasteiger partial charge in [0.25, 0.3) is 0 Å². The van der Waals surface area contributed by atoms with Gasteiger partial charge in [-0.25, -0.2) is 0 Å². The first-order valence-corrected chi connectivity index (χ1v) is 26.4. The van der Waals surface area contributed by atoms with Gasteiger partial charge >= 0.3 is 0 Å². The maximum absolute atomic E-state index is 12.4. The standard InChI is InChI=1S/C60H99NO3/c1-3-5-7-9-11-13-15-17-19-21-22-23-24-25-26-27-28-29-30-31-32-33-34-35-36-37-38-40-42-44-46-48-50-52-54-56-60(64)61-58(57-62)59(63)55-53-51-49-47-45-43-41-39-20-18-16-14-12-10-8-6-4-2/h5,7,11,13,17,19,22-23,25-26,28-29,31-32,34-35,37-38,42,44,53,55,58-59,62-63H,3-4,6,8-10,12,14-16,18,20-21,24,27,30,33,36,39-41,43,45-52,54,56-57H2,1-2H3,(H,61,64)/b7-5-,13-11-,19-17-,23-22-,26-25-,29-28-,32-31-,35-34-,38-37-,44-42-,55-53+. The van der Waals surface area contributed by atoms with E-state index in [2.05, 4.69) is 141 Å². The first-order chi connectivity index (χ1) is 31.7. The van der Waals surface area contributed by atoms with Gasteiger partial charge in [-0.15, -0.1) is 0 Å². The Kier molecular flexibility index (Phi) is 50.9. The van der Waals surface area contributed by atoms with Gasteiger partial charge in [0.2, 0.25) is 5.91 Å². The molecule has 0 aliphatic rings. The number of allylic oxidation sites excluding steroid dienone is 21. The quantitative estimate of drug-likeness (QED) is 0.0421. The molecule has 0 aliphatic heterocycles. The molecule has 0 rings (SSSR count). The minimum atomic E-state index is -0.860. The molecular weight excluding hydrogens is 783 g/mol. The van der Waals surface area contributed by atoms with Crippen LogP contribution in [-0.4, -0.2) is 34.9 Å². The van der Waals surface area contributed by atoms with Crippen LogP contribution in [0.1, 0.15) is 219 Å². The van der Waals surface area contributed by atoms with E-state index in [4.69, 9.17) is 0 Å². The summed E-state index contributed by atoms with van der Waals surface area (Å²) in [7, 11) is 0. The van der Waals surface area contributed by atoms with Crippen LogP contribution in [0.5, 0.6) is 0 Å². The van der Waals surface area contributed by atoms with Gasteiger partial charge in [-0.2, -0.15) is 0 Å². The first kappa shape index (κ1) is 60.5. The number of hydrogen-bond acceptors (Lipinski definition) is 3. The number of amides is 1. The van der Waals surface area contributed by atoms with Crippen LogP contribution < -0.4 is 5.32 Å². The molecule has 1 amide bonds. The highest BCUT2D eigenvalue weighted by atomic mass is 16.3. The fourth-order valence-corrected chi connectivity index (χ4v) is 7.15. The van der Waals surface area contributed by atoms with Crippen molar-refractivity contribution in [2.75, 3.05) is 6.61 Å². The molecule has 2 atom stereocenters. The second-order valence-electron chi connectivity index (χ2n) is 17.2. The van der Waals surface area contributed by atoms with Crippen molar-refractivity contribution in [1.29, 1.82) is 0 Å². The van der Waals surface area contributed by atoms with E-state index in [1.54, 1.807) is 6.08 Å². The zero-order valence-electron chi connectivity index (χ0n) is 41.5. The molecule has 0 radical (unpaired) electrons. The largest absolute Gasteiger partial charge is 0.394 e. The molecule has 0 aromatic rings. The fourth-order valence-electron chi connectivity index (χ4n) is 7.15. The van der Waals surface area contributed by atoms with Gasteiger partial charge in [-0.1, -0.05) is 250 Å². The Hall–Kier alpha value is -3.47. The van der Waals surface area contributed by atoms with Crippen molar-refractivity contribution in [3.8, 4) is 0 Å². The van der Waals surface area contributed by atoms with Crippen molar-refractivity contribution in [1.82, 2.24) is 5.32 Å². The van der Waals surface area contributed by atoms with Gasteiger partial charge in [-0.05, 0) is 96.3 Å². The molecule has 0 saturated carbocycles. The van der Waals surface area contributed by atoms with E-state index in [0.29, 0.717) is 6.42 Å². The SMILES string of the molecule is CC/C=C\C/C=C\C/C=C\C/C=C\C/C=C\C/C=C\C/C=C\C/C=C\C/C=C\C/C=C\CCCCCCC(=O)NC(CO)C(O)/C=C/CCCCCCCCCCCCCCCCC. The molecule has 2 unspecified atom stereocenters. The van der Waals surface area contributed by atoms with Crippen molar-refractivity contribution in [3.05, 3.63) is 134 Å². The van der Waals surface area contributed by atoms with E-state index in [9.17, 15) is 15.0 Å². The molecule has 3 N–H and O–H groups in total. The first-order valence-electron chi connectivity index (χ1n) is 26.4. The number of aliphatic hydroxyl groups excluding tert-OH is 2. The van der Waals surface area contributed by atoms with Crippen molar-refractivity contribution in [3.63, 3.8) is 0 Å². The van der Waals surface area contributed by atoms with E-state index >= 15 is 0 Å². The van der Waals surface area contributed by atoms with Gasteiger partial charge in [-0.3, -0.25) is 4.79 Å². The summed E-state index contributed by atoms with van der Waals surface area (Å²) in [5.41, 5.74) is 0. The lowest BCUT2D eigenvalue weighted by atomic mass is 10.0. The number of unbranched alkanes of at least 4 members (excludes halogenated alkanes) is 19.